The zero-order chi connectivity index (χ0) is 14.3. The number of hydrogen-bond donors (Lipinski definition) is 2. The van der Waals surface area contributed by atoms with E-state index in [0.29, 0.717) is 13.1 Å². The molecule has 19 heavy (non-hydrogen) atoms. The highest BCUT2D eigenvalue weighted by Crippen LogP contribution is 2.02. The molecule has 0 unspecified atom stereocenters. The van der Waals surface area contributed by atoms with Crippen molar-refractivity contribution in [3.8, 4) is 0 Å². The van der Waals surface area contributed by atoms with Crippen molar-refractivity contribution in [1.82, 2.24) is 20.2 Å². The standard InChI is InChI=1S/C13H23N5O/c1-5-14-12-7-15-11(6-16-12)8-18(4)9-13(19)17-10(2)3/h6-7,10H,5,8-9H2,1-4H3,(H,14,16)(H,17,19). The lowest BCUT2D eigenvalue weighted by Gasteiger charge is -2.17. The van der Waals surface area contributed by atoms with Gasteiger partial charge in [0.1, 0.15) is 5.82 Å². The lowest BCUT2D eigenvalue weighted by molar-refractivity contribution is -0.122. The van der Waals surface area contributed by atoms with Gasteiger partial charge in [-0.25, -0.2) is 4.98 Å². The van der Waals surface area contributed by atoms with Crippen LogP contribution in [0.4, 0.5) is 5.82 Å². The molecule has 0 bridgehead atoms. The van der Waals surface area contributed by atoms with Crippen LogP contribution in [-0.2, 0) is 11.3 Å². The summed E-state index contributed by atoms with van der Waals surface area (Å²) in [4.78, 5) is 22.1. The Morgan fingerprint density at radius 2 is 2.11 bits per heavy atom. The molecule has 0 aromatic carbocycles. The van der Waals surface area contributed by atoms with Crippen LogP contribution in [-0.4, -0.2) is 47.0 Å². The lowest BCUT2D eigenvalue weighted by Crippen LogP contribution is -2.38. The zero-order valence-electron chi connectivity index (χ0n) is 12.1. The Kier molecular flexibility index (Phi) is 6.21. The quantitative estimate of drug-likeness (QED) is 0.765. The summed E-state index contributed by atoms with van der Waals surface area (Å²) in [7, 11) is 1.89. The van der Waals surface area contributed by atoms with Crippen LogP contribution in [0.3, 0.4) is 0 Å². The molecule has 0 aliphatic heterocycles. The molecule has 1 rings (SSSR count). The second-order valence-corrected chi connectivity index (χ2v) is 4.82. The topological polar surface area (TPSA) is 70.2 Å². The van der Waals surface area contributed by atoms with Crippen LogP contribution in [0.5, 0.6) is 0 Å². The molecule has 6 nitrogen and oxygen atoms in total. The first-order valence-electron chi connectivity index (χ1n) is 6.54. The fourth-order valence-electron chi connectivity index (χ4n) is 1.65. The van der Waals surface area contributed by atoms with Crippen LogP contribution in [0.15, 0.2) is 12.4 Å². The van der Waals surface area contributed by atoms with E-state index in [-0.39, 0.29) is 11.9 Å². The molecule has 0 atom stereocenters. The van der Waals surface area contributed by atoms with Crippen molar-refractivity contribution in [2.75, 3.05) is 25.5 Å². The monoisotopic (exact) mass is 265 g/mol. The molecule has 0 aliphatic rings. The van der Waals surface area contributed by atoms with Gasteiger partial charge in [-0.1, -0.05) is 0 Å². The Labute approximate surface area is 114 Å². The van der Waals surface area contributed by atoms with Crippen LogP contribution in [0, 0.1) is 0 Å². The number of amides is 1. The normalized spacial score (nSPS) is 10.8. The molecule has 0 saturated carbocycles. The lowest BCUT2D eigenvalue weighted by atomic mass is 10.3. The molecule has 1 aromatic rings. The molecule has 6 heteroatoms. The minimum absolute atomic E-state index is 0.0229. The van der Waals surface area contributed by atoms with Crippen molar-refractivity contribution in [3.63, 3.8) is 0 Å². The number of hydrogen-bond acceptors (Lipinski definition) is 5. The molecule has 1 aromatic heterocycles. The van der Waals surface area contributed by atoms with Gasteiger partial charge in [0.15, 0.2) is 0 Å². The number of likely N-dealkylation sites (N-methyl/N-ethyl adjacent to an activating group) is 1. The number of carbonyl (C=O) groups excluding carboxylic acids is 1. The third-order valence-electron chi connectivity index (χ3n) is 2.36. The van der Waals surface area contributed by atoms with Gasteiger partial charge in [0.05, 0.1) is 24.6 Å². The number of carbonyl (C=O) groups is 1. The first kappa shape index (κ1) is 15.4. The maximum absolute atomic E-state index is 11.6. The maximum atomic E-state index is 11.6. The average molecular weight is 265 g/mol. The molecular formula is C13H23N5O. The number of aromatic nitrogens is 2. The van der Waals surface area contributed by atoms with Crippen LogP contribution in [0.25, 0.3) is 0 Å². The fraction of sp³-hybridized carbons (Fsp3) is 0.615. The van der Waals surface area contributed by atoms with Crippen molar-refractivity contribution >= 4 is 11.7 Å². The summed E-state index contributed by atoms with van der Waals surface area (Å²) in [5.41, 5.74) is 0.849. The van der Waals surface area contributed by atoms with Crippen LogP contribution in [0.1, 0.15) is 26.5 Å². The van der Waals surface area contributed by atoms with Gasteiger partial charge in [-0.3, -0.25) is 14.7 Å². The molecule has 0 spiro atoms. The summed E-state index contributed by atoms with van der Waals surface area (Å²) < 4.78 is 0. The highest BCUT2D eigenvalue weighted by Gasteiger charge is 2.08. The number of rotatable bonds is 7. The van der Waals surface area contributed by atoms with E-state index in [2.05, 4.69) is 20.6 Å². The Bertz CT molecular complexity index is 391. The highest BCUT2D eigenvalue weighted by molar-refractivity contribution is 5.78. The zero-order valence-corrected chi connectivity index (χ0v) is 12.1. The Morgan fingerprint density at radius 3 is 2.63 bits per heavy atom. The maximum Gasteiger partial charge on any atom is 0.234 e. The Balaban J connectivity index is 2.43. The summed E-state index contributed by atoms with van der Waals surface area (Å²) >= 11 is 0. The van der Waals surface area contributed by atoms with Gasteiger partial charge in [-0.2, -0.15) is 0 Å². The van der Waals surface area contributed by atoms with Crippen molar-refractivity contribution in [2.24, 2.45) is 0 Å². The number of anilines is 1. The minimum Gasteiger partial charge on any atom is -0.369 e. The predicted octanol–water partition coefficient (Wildman–Crippen LogP) is 0.865. The highest BCUT2D eigenvalue weighted by atomic mass is 16.2. The average Bonchev–Trinajstić information content (AvgIpc) is 2.30. The van der Waals surface area contributed by atoms with E-state index >= 15 is 0 Å². The molecule has 0 saturated heterocycles. The van der Waals surface area contributed by atoms with Crippen LogP contribution >= 0.6 is 0 Å². The van der Waals surface area contributed by atoms with Gasteiger partial charge in [0.2, 0.25) is 5.91 Å². The van der Waals surface area contributed by atoms with E-state index < -0.39 is 0 Å². The van der Waals surface area contributed by atoms with Crippen LogP contribution in [0.2, 0.25) is 0 Å². The van der Waals surface area contributed by atoms with Crippen molar-refractivity contribution in [1.29, 1.82) is 0 Å². The molecular weight excluding hydrogens is 242 g/mol. The number of nitrogens with zero attached hydrogens (tertiary/aromatic N) is 3. The van der Waals surface area contributed by atoms with Crippen molar-refractivity contribution in [2.45, 2.75) is 33.4 Å². The minimum atomic E-state index is 0.0229. The van der Waals surface area contributed by atoms with Gasteiger partial charge < -0.3 is 10.6 Å². The molecule has 0 fully saturated rings. The largest absolute Gasteiger partial charge is 0.369 e. The van der Waals surface area contributed by atoms with E-state index in [1.807, 2.05) is 32.7 Å². The smallest absolute Gasteiger partial charge is 0.234 e. The fourth-order valence-corrected chi connectivity index (χ4v) is 1.65. The summed E-state index contributed by atoms with van der Waals surface area (Å²) in [6, 6.07) is 0.167. The molecule has 106 valence electrons. The van der Waals surface area contributed by atoms with Crippen molar-refractivity contribution in [3.05, 3.63) is 18.1 Å². The van der Waals surface area contributed by atoms with E-state index in [1.165, 1.54) is 0 Å². The van der Waals surface area contributed by atoms with Gasteiger partial charge in [-0.05, 0) is 27.8 Å². The van der Waals surface area contributed by atoms with Gasteiger partial charge >= 0.3 is 0 Å². The summed E-state index contributed by atoms with van der Waals surface area (Å²) in [5, 5.41) is 5.95. The SMILES string of the molecule is CCNc1cnc(CN(C)CC(=O)NC(C)C)cn1. The Morgan fingerprint density at radius 1 is 1.37 bits per heavy atom. The second kappa shape index (κ2) is 7.68. The van der Waals surface area contributed by atoms with Crippen LogP contribution < -0.4 is 10.6 Å². The summed E-state index contributed by atoms with van der Waals surface area (Å²) in [6.07, 6.45) is 3.44. The Hall–Kier alpha value is -1.69. The third-order valence-corrected chi connectivity index (χ3v) is 2.36. The molecule has 1 heterocycles. The van der Waals surface area contributed by atoms with Crippen molar-refractivity contribution < 1.29 is 4.79 Å². The first-order chi connectivity index (χ1) is 9.01. The van der Waals surface area contributed by atoms with E-state index in [1.54, 1.807) is 12.4 Å². The van der Waals surface area contributed by atoms with E-state index in [9.17, 15) is 4.79 Å². The second-order valence-electron chi connectivity index (χ2n) is 4.82. The summed E-state index contributed by atoms with van der Waals surface area (Å²) in [5.74, 6) is 0.793. The molecule has 0 aliphatic carbocycles. The third kappa shape index (κ3) is 6.15. The predicted molar refractivity (Wildman–Crippen MR) is 75.8 cm³/mol. The molecule has 2 N–H and O–H groups in total. The van der Waals surface area contributed by atoms with Gasteiger partial charge in [-0.15, -0.1) is 0 Å². The number of nitrogens with one attached hydrogen (secondary N) is 2. The van der Waals surface area contributed by atoms with E-state index in [4.69, 9.17) is 0 Å². The molecule has 0 radical (unpaired) electrons. The summed E-state index contributed by atoms with van der Waals surface area (Å²) in [6.45, 7) is 7.69. The van der Waals surface area contributed by atoms with Gasteiger partial charge in [0.25, 0.3) is 0 Å². The molecule has 1 amide bonds. The van der Waals surface area contributed by atoms with E-state index in [0.717, 1.165) is 18.1 Å². The van der Waals surface area contributed by atoms with Gasteiger partial charge in [0, 0.05) is 19.1 Å². The first-order valence-corrected chi connectivity index (χ1v) is 6.54.